The molecule has 0 aliphatic carbocycles. The van der Waals surface area contributed by atoms with Gasteiger partial charge in [-0.15, -0.1) is 0 Å². The second-order valence-electron chi connectivity index (χ2n) is 4.66. The summed E-state index contributed by atoms with van der Waals surface area (Å²) in [5.74, 6) is 0.762. The Hall–Kier alpha value is -1.55. The molecule has 0 spiro atoms. The summed E-state index contributed by atoms with van der Waals surface area (Å²) in [5.41, 5.74) is 8.25. The molecule has 1 aliphatic rings. The quantitative estimate of drug-likeness (QED) is 0.863. The highest BCUT2D eigenvalue weighted by molar-refractivity contribution is 5.56. The van der Waals surface area contributed by atoms with Gasteiger partial charge in [-0.05, 0) is 43.5 Å². The number of hydrogen-bond donors (Lipinski definition) is 2. The summed E-state index contributed by atoms with van der Waals surface area (Å²) < 4.78 is 17.9. The molecule has 0 fully saturated rings. The first-order chi connectivity index (χ1) is 8.72. The summed E-state index contributed by atoms with van der Waals surface area (Å²) in [6.45, 7) is 2.56. The van der Waals surface area contributed by atoms with Crippen LogP contribution in [0.25, 0.3) is 0 Å². The highest BCUT2D eigenvalue weighted by Gasteiger charge is 2.14. The first kappa shape index (κ1) is 12.9. The predicted octanol–water partition coefficient (Wildman–Crippen LogP) is 2.62. The number of nitrogens with one attached hydrogen (secondary N) is 1. The summed E-state index contributed by atoms with van der Waals surface area (Å²) in [4.78, 5) is 0. The van der Waals surface area contributed by atoms with E-state index in [9.17, 15) is 4.39 Å². The Morgan fingerprint density at radius 1 is 1.61 bits per heavy atom. The Balaban J connectivity index is 2.03. The molecule has 4 heteroatoms. The van der Waals surface area contributed by atoms with Gasteiger partial charge in [0.15, 0.2) is 0 Å². The average Bonchev–Trinajstić information content (AvgIpc) is 2.40. The molecule has 1 aromatic rings. The van der Waals surface area contributed by atoms with E-state index in [1.165, 1.54) is 11.3 Å². The first-order valence-corrected chi connectivity index (χ1v) is 6.23. The van der Waals surface area contributed by atoms with Gasteiger partial charge in [-0.1, -0.05) is 0 Å². The maximum absolute atomic E-state index is 12.3. The maximum atomic E-state index is 12.3. The molecule has 1 heterocycles. The number of fused-ring (bicyclic) bond motifs is 1. The van der Waals surface area contributed by atoms with Crippen molar-refractivity contribution in [1.29, 1.82) is 0 Å². The molecule has 1 atom stereocenters. The average molecular weight is 250 g/mol. The molecule has 98 valence electrons. The van der Waals surface area contributed by atoms with E-state index < -0.39 is 0 Å². The Labute approximate surface area is 107 Å². The predicted molar refractivity (Wildman–Crippen MR) is 71.6 cm³/mol. The van der Waals surface area contributed by atoms with Crippen molar-refractivity contribution in [1.82, 2.24) is 0 Å². The second kappa shape index (κ2) is 5.87. The number of anilines is 1. The molecule has 3 N–H and O–H groups in total. The molecule has 1 aliphatic heterocycles. The lowest BCUT2D eigenvalue weighted by atomic mass is 9.99. The number of nitrogens with two attached hydrogens (primary N) is 1. The molecular weight excluding hydrogens is 231 g/mol. The zero-order chi connectivity index (χ0) is 13.0. The summed E-state index contributed by atoms with van der Waals surface area (Å²) >= 11 is 0. The molecule has 0 amide bonds. The lowest BCUT2D eigenvalue weighted by Crippen LogP contribution is -2.21. The van der Waals surface area contributed by atoms with Gasteiger partial charge in [0.1, 0.15) is 12.4 Å². The molecule has 0 saturated carbocycles. The van der Waals surface area contributed by atoms with Crippen LogP contribution in [0.4, 0.5) is 10.1 Å². The fraction of sp³-hybridized carbons (Fsp3) is 0.429. The van der Waals surface area contributed by atoms with Gasteiger partial charge >= 0.3 is 0 Å². The number of rotatable bonds is 4. The van der Waals surface area contributed by atoms with Crippen LogP contribution >= 0.6 is 0 Å². The Bertz CT molecular complexity index is 445. The minimum absolute atomic E-state index is 0.181. The molecule has 18 heavy (non-hydrogen) atoms. The van der Waals surface area contributed by atoms with Crippen LogP contribution < -0.4 is 15.8 Å². The number of ether oxygens (including phenoxy) is 1. The van der Waals surface area contributed by atoms with Crippen molar-refractivity contribution >= 4 is 5.69 Å². The van der Waals surface area contributed by atoms with Crippen LogP contribution in [0.3, 0.4) is 0 Å². The lowest BCUT2D eigenvalue weighted by molar-refractivity contribution is 0.347. The SMILES string of the molecule is CC1CCc2cc(OC/C(=C/F)CN)ccc2N1. The van der Waals surface area contributed by atoms with Crippen molar-refractivity contribution in [3.05, 3.63) is 35.7 Å². The third kappa shape index (κ3) is 3.01. The van der Waals surface area contributed by atoms with Crippen LogP contribution in [0.1, 0.15) is 18.9 Å². The van der Waals surface area contributed by atoms with Crippen LogP contribution in [0.2, 0.25) is 0 Å². The van der Waals surface area contributed by atoms with E-state index in [0.29, 0.717) is 17.9 Å². The molecule has 0 aromatic heterocycles. The minimum atomic E-state index is 0.181. The van der Waals surface area contributed by atoms with Gasteiger partial charge in [-0.3, -0.25) is 0 Å². The van der Waals surface area contributed by atoms with Crippen LogP contribution in [-0.4, -0.2) is 19.2 Å². The van der Waals surface area contributed by atoms with E-state index in [1.807, 2.05) is 18.2 Å². The second-order valence-corrected chi connectivity index (χ2v) is 4.66. The van der Waals surface area contributed by atoms with Crippen molar-refractivity contribution < 1.29 is 9.13 Å². The largest absolute Gasteiger partial charge is 0.489 e. The fourth-order valence-electron chi connectivity index (χ4n) is 2.03. The molecule has 0 saturated heterocycles. The number of hydrogen-bond acceptors (Lipinski definition) is 3. The van der Waals surface area contributed by atoms with Gasteiger partial charge in [0.25, 0.3) is 0 Å². The van der Waals surface area contributed by atoms with Crippen molar-refractivity contribution in [2.24, 2.45) is 5.73 Å². The highest BCUT2D eigenvalue weighted by atomic mass is 19.1. The van der Waals surface area contributed by atoms with E-state index in [-0.39, 0.29) is 13.2 Å². The molecule has 2 rings (SSSR count). The Morgan fingerprint density at radius 3 is 3.17 bits per heavy atom. The zero-order valence-electron chi connectivity index (χ0n) is 10.6. The third-order valence-corrected chi connectivity index (χ3v) is 3.17. The first-order valence-electron chi connectivity index (χ1n) is 6.23. The number of benzene rings is 1. The highest BCUT2D eigenvalue weighted by Crippen LogP contribution is 2.28. The Kier molecular flexibility index (Phi) is 4.20. The summed E-state index contributed by atoms with van der Waals surface area (Å²) in [6, 6.07) is 6.45. The van der Waals surface area contributed by atoms with Gasteiger partial charge in [-0.25, -0.2) is 4.39 Å². The Morgan fingerprint density at radius 2 is 2.44 bits per heavy atom. The van der Waals surface area contributed by atoms with Crippen molar-refractivity contribution in [3.8, 4) is 5.75 Å². The van der Waals surface area contributed by atoms with Gasteiger partial charge in [-0.2, -0.15) is 0 Å². The molecule has 0 bridgehead atoms. The zero-order valence-corrected chi connectivity index (χ0v) is 10.6. The molecule has 3 nitrogen and oxygen atoms in total. The van der Waals surface area contributed by atoms with Crippen LogP contribution in [0.5, 0.6) is 5.75 Å². The normalized spacial score (nSPS) is 19.1. The molecular formula is C14H19FN2O. The van der Waals surface area contributed by atoms with Gasteiger partial charge in [0, 0.05) is 23.8 Å². The lowest BCUT2D eigenvalue weighted by Gasteiger charge is -2.24. The van der Waals surface area contributed by atoms with Crippen molar-refractivity contribution in [2.75, 3.05) is 18.5 Å². The molecule has 1 aromatic carbocycles. The summed E-state index contributed by atoms with van der Waals surface area (Å²) in [5, 5.41) is 3.43. The smallest absolute Gasteiger partial charge is 0.120 e. The number of halogens is 1. The van der Waals surface area contributed by atoms with Crippen LogP contribution in [0.15, 0.2) is 30.1 Å². The monoisotopic (exact) mass is 250 g/mol. The van der Waals surface area contributed by atoms with E-state index >= 15 is 0 Å². The van der Waals surface area contributed by atoms with E-state index in [0.717, 1.165) is 18.6 Å². The van der Waals surface area contributed by atoms with Crippen LogP contribution in [0, 0.1) is 0 Å². The summed E-state index contributed by atoms with van der Waals surface area (Å²) in [7, 11) is 0. The topological polar surface area (TPSA) is 47.3 Å². The van der Waals surface area contributed by atoms with E-state index in [2.05, 4.69) is 12.2 Å². The standard InChI is InChI=1S/C14H19FN2O/c1-10-2-3-12-6-13(4-5-14(12)17-10)18-9-11(7-15)8-16/h4-7,10,17H,2-3,8-9,16H2,1H3/b11-7+. The minimum Gasteiger partial charge on any atom is -0.489 e. The van der Waals surface area contributed by atoms with Crippen molar-refractivity contribution in [3.63, 3.8) is 0 Å². The third-order valence-electron chi connectivity index (χ3n) is 3.17. The van der Waals surface area contributed by atoms with Gasteiger partial charge in [0.05, 0.1) is 6.33 Å². The van der Waals surface area contributed by atoms with E-state index in [1.54, 1.807) is 0 Å². The maximum Gasteiger partial charge on any atom is 0.120 e. The van der Waals surface area contributed by atoms with Crippen molar-refractivity contribution in [2.45, 2.75) is 25.8 Å². The summed E-state index contributed by atoms with van der Waals surface area (Å²) in [6.07, 6.45) is 2.68. The fourth-order valence-corrected chi connectivity index (χ4v) is 2.03. The van der Waals surface area contributed by atoms with Gasteiger partial charge < -0.3 is 15.8 Å². The number of aryl methyl sites for hydroxylation is 1. The van der Waals surface area contributed by atoms with Crippen LogP contribution in [-0.2, 0) is 6.42 Å². The van der Waals surface area contributed by atoms with E-state index in [4.69, 9.17) is 10.5 Å². The molecule has 0 radical (unpaired) electrons. The molecule has 1 unspecified atom stereocenters. The van der Waals surface area contributed by atoms with Gasteiger partial charge in [0.2, 0.25) is 0 Å².